The Bertz CT molecular complexity index is 1060. The third-order valence-corrected chi connectivity index (χ3v) is 5.16. The molecule has 4 rings (SSSR count). The van der Waals surface area contributed by atoms with Gasteiger partial charge in [-0.2, -0.15) is 0 Å². The molecule has 0 spiro atoms. The molecule has 1 aliphatic heterocycles. The Labute approximate surface area is 167 Å². The van der Waals surface area contributed by atoms with Crippen LogP contribution in [0.2, 0.25) is 0 Å². The number of rotatable bonds is 5. The van der Waals surface area contributed by atoms with Gasteiger partial charge in [0.2, 0.25) is 0 Å². The Hall–Kier alpha value is -3.19. The fourth-order valence-electron chi connectivity index (χ4n) is 3.52. The van der Waals surface area contributed by atoms with Crippen LogP contribution in [0, 0.1) is 5.82 Å². The predicted molar refractivity (Wildman–Crippen MR) is 110 cm³/mol. The molecular weight excluding hydrogens is 373 g/mol. The van der Waals surface area contributed by atoms with Gasteiger partial charge >= 0.3 is 5.63 Å². The molecule has 2 aromatic carbocycles. The molecule has 0 aliphatic carbocycles. The van der Waals surface area contributed by atoms with Gasteiger partial charge in [0.1, 0.15) is 17.0 Å². The normalized spacial score (nSPS) is 14.9. The molecule has 0 saturated carbocycles. The number of hydrogen-bond acceptors (Lipinski definition) is 5. The highest BCUT2D eigenvalue weighted by Gasteiger charge is 2.18. The minimum Gasteiger partial charge on any atom is -0.422 e. The summed E-state index contributed by atoms with van der Waals surface area (Å²) < 4.78 is 18.3. The molecule has 1 amide bonds. The molecule has 29 heavy (non-hydrogen) atoms. The number of carbonyl (C=O) groups excluding carboxylic acids is 1. The van der Waals surface area contributed by atoms with Crippen molar-refractivity contribution in [3.63, 3.8) is 0 Å². The smallest absolute Gasteiger partial charge is 0.349 e. The van der Waals surface area contributed by atoms with E-state index in [1.54, 1.807) is 36.4 Å². The first-order chi connectivity index (χ1) is 14.1. The van der Waals surface area contributed by atoms with Crippen molar-refractivity contribution < 1.29 is 13.6 Å². The molecule has 1 aromatic heterocycles. The van der Waals surface area contributed by atoms with Crippen molar-refractivity contribution >= 4 is 22.6 Å². The van der Waals surface area contributed by atoms with E-state index in [4.69, 9.17) is 4.42 Å². The van der Waals surface area contributed by atoms with Gasteiger partial charge in [0.05, 0.1) is 0 Å². The molecule has 1 aliphatic rings. The van der Waals surface area contributed by atoms with Crippen LogP contribution in [-0.4, -0.2) is 50.1 Å². The lowest BCUT2D eigenvalue weighted by atomic mass is 10.2. The van der Waals surface area contributed by atoms with Crippen molar-refractivity contribution in [1.82, 2.24) is 10.2 Å². The summed E-state index contributed by atoms with van der Waals surface area (Å²) in [5.74, 6) is -0.655. The Morgan fingerprint density at radius 3 is 2.52 bits per heavy atom. The average molecular weight is 395 g/mol. The molecule has 0 unspecified atom stereocenters. The third-order valence-electron chi connectivity index (χ3n) is 5.16. The van der Waals surface area contributed by atoms with E-state index < -0.39 is 11.5 Å². The summed E-state index contributed by atoms with van der Waals surface area (Å²) in [5.41, 5.74) is 0.870. The van der Waals surface area contributed by atoms with Gasteiger partial charge in [-0.3, -0.25) is 9.69 Å². The van der Waals surface area contributed by atoms with Crippen LogP contribution < -0.4 is 15.8 Å². The predicted octanol–water partition coefficient (Wildman–Crippen LogP) is 2.48. The Morgan fingerprint density at radius 1 is 1.03 bits per heavy atom. The van der Waals surface area contributed by atoms with Crippen molar-refractivity contribution in [2.45, 2.75) is 0 Å². The number of hydrogen-bond donors (Lipinski definition) is 1. The van der Waals surface area contributed by atoms with Crippen molar-refractivity contribution in [2.24, 2.45) is 0 Å². The highest BCUT2D eigenvalue weighted by atomic mass is 19.1. The number of amides is 1. The van der Waals surface area contributed by atoms with Crippen LogP contribution in [0.3, 0.4) is 0 Å². The molecule has 0 bridgehead atoms. The molecule has 150 valence electrons. The van der Waals surface area contributed by atoms with E-state index in [1.807, 2.05) is 6.07 Å². The van der Waals surface area contributed by atoms with Crippen LogP contribution in [0.25, 0.3) is 11.0 Å². The second-order valence-corrected chi connectivity index (χ2v) is 7.05. The van der Waals surface area contributed by atoms with Gasteiger partial charge in [-0.05, 0) is 36.4 Å². The first kappa shape index (κ1) is 19.1. The van der Waals surface area contributed by atoms with E-state index >= 15 is 0 Å². The van der Waals surface area contributed by atoms with Gasteiger partial charge in [-0.25, -0.2) is 9.18 Å². The lowest BCUT2D eigenvalue weighted by Gasteiger charge is -2.36. The fourth-order valence-corrected chi connectivity index (χ4v) is 3.52. The van der Waals surface area contributed by atoms with Crippen LogP contribution in [0.4, 0.5) is 10.1 Å². The highest BCUT2D eigenvalue weighted by Crippen LogP contribution is 2.17. The number of piperazine rings is 1. The molecular formula is C22H22FN3O3. The van der Waals surface area contributed by atoms with Crippen LogP contribution in [0.15, 0.2) is 63.8 Å². The number of nitrogens with zero attached hydrogens (tertiary/aromatic N) is 2. The van der Waals surface area contributed by atoms with Gasteiger partial charge in [0.15, 0.2) is 0 Å². The molecule has 3 aromatic rings. The van der Waals surface area contributed by atoms with Gasteiger partial charge in [-0.15, -0.1) is 0 Å². The maximum atomic E-state index is 13.1. The summed E-state index contributed by atoms with van der Waals surface area (Å²) in [4.78, 5) is 28.9. The van der Waals surface area contributed by atoms with Crippen molar-refractivity contribution in [1.29, 1.82) is 0 Å². The Kier molecular flexibility index (Phi) is 5.57. The largest absolute Gasteiger partial charge is 0.422 e. The number of carbonyl (C=O) groups is 1. The zero-order valence-corrected chi connectivity index (χ0v) is 15.9. The standard InChI is InChI=1S/C22H22FN3O3/c23-17-5-7-18(8-6-17)26-13-11-25(12-14-26)10-9-24-21(27)19-15-16-3-1-2-4-20(16)29-22(19)28/h1-8,15H,9-14H2,(H,24,27). The molecule has 6 nitrogen and oxygen atoms in total. The number of nitrogens with one attached hydrogen (secondary N) is 1. The second-order valence-electron chi connectivity index (χ2n) is 7.05. The lowest BCUT2D eigenvalue weighted by molar-refractivity contribution is 0.0944. The monoisotopic (exact) mass is 395 g/mol. The highest BCUT2D eigenvalue weighted by molar-refractivity contribution is 5.96. The van der Waals surface area contributed by atoms with E-state index in [9.17, 15) is 14.0 Å². The van der Waals surface area contributed by atoms with Crippen LogP contribution in [0.5, 0.6) is 0 Å². The molecule has 1 N–H and O–H groups in total. The third kappa shape index (κ3) is 4.46. The van der Waals surface area contributed by atoms with Gasteiger partial charge in [-0.1, -0.05) is 18.2 Å². The first-order valence-corrected chi connectivity index (χ1v) is 9.64. The average Bonchev–Trinajstić information content (AvgIpc) is 2.74. The fraction of sp³-hybridized carbons (Fsp3) is 0.273. The molecule has 1 saturated heterocycles. The minimum absolute atomic E-state index is 0.0184. The second kappa shape index (κ2) is 8.45. The molecule has 7 heteroatoms. The van der Waals surface area contributed by atoms with Gasteiger partial charge in [0, 0.05) is 50.3 Å². The first-order valence-electron chi connectivity index (χ1n) is 9.64. The number of benzene rings is 2. The minimum atomic E-state index is -0.630. The van der Waals surface area contributed by atoms with Crippen molar-refractivity contribution in [3.05, 3.63) is 76.4 Å². The van der Waals surface area contributed by atoms with Crippen LogP contribution >= 0.6 is 0 Å². The van der Waals surface area contributed by atoms with Crippen LogP contribution in [-0.2, 0) is 0 Å². The SMILES string of the molecule is O=C(NCCN1CCN(c2ccc(F)cc2)CC1)c1cc2ccccc2oc1=O. The summed E-state index contributed by atoms with van der Waals surface area (Å²) in [6, 6.07) is 15.2. The summed E-state index contributed by atoms with van der Waals surface area (Å²) in [6.45, 7) is 4.53. The van der Waals surface area contributed by atoms with E-state index in [2.05, 4.69) is 15.1 Å². The zero-order chi connectivity index (χ0) is 20.2. The summed E-state index contributed by atoms with van der Waals surface area (Å²) in [6.07, 6.45) is 0. The topological polar surface area (TPSA) is 65.8 Å². The van der Waals surface area contributed by atoms with E-state index in [-0.39, 0.29) is 11.4 Å². The quantitative estimate of drug-likeness (QED) is 0.673. The number of halogens is 1. The maximum Gasteiger partial charge on any atom is 0.349 e. The Balaban J connectivity index is 1.27. The number of fused-ring (bicyclic) bond motifs is 1. The van der Waals surface area contributed by atoms with Gasteiger partial charge in [0.25, 0.3) is 5.91 Å². The van der Waals surface area contributed by atoms with E-state index in [1.165, 1.54) is 12.1 Å². The number of anilines is 1. The molecule has 0 atom stereocenters. The van der Waals surface area contributed by atoms with Gasteiger partial charge < -0.3 is 14.6 Å². The lowest BCUT2D eigenvalue weighted by Crippen LogP contribution is -2.48. The molecule has 2 heterocycles. The molecule has 1 fully saturated rings. The van der Waals surface area contributed by atoms with E-state index in [0.29, 0.717) is 24.1 Å². The van der Waals surface area contributed by atoms with Crippen molar-refractivity contribution in [3.8, 4) is 0 Å². The Morgan fingerprint density at radius 2 is 1.76 bits per heavy atom. The van der Waals surface area contributed by atoms with Crippen molar-refractivity contribution in [2.75, 3.05) is 44.2 Å². The van der Waals surface area contributed by atoms with Crippen LogP contribution in [0.1, 0.15) is 10.4 Å². The van der Waals surface area contributed by atoms with E-state index in [0.717, 1.165) is 31.9 Å². The number of para-hydroxylation sites is 1. The zero-order valence-electron chi connectivity index (χ0n) is 15.9. The summed E-state index contributed by atoms with van der Waals surface area (Å²) >= 11 is 0. The molecule has 0 radical (unpaired) electrons. The summed E-state index contributed by atoms with van der Waals surface area (Å²) in [7, 11) is 0. The summed E-state index contributed by atoms with van der Waals surface area (Å²) in [5, 5.41) is 3.52. The maximum absolute atomic E-state index is 13.1.